The summed E-state index contributed by atoms with van der Waals surface area (Å²) < 4.78 is 5.51. The van der Waals surface area contributed by atoms with E-state index in [1.807, 2.05) is 0 Å². The summed E-state index contributed by atoms with van der Waals surface area (Å²) in [5, 5.41) is 12.4. The predicted octanol–water partition coefficient (Wildman–Crippen LogP) is 2.11. The highest BCUT2D eigenvalue weighted by Gasteiger charge is 2.25. The number of hydrogen-bond donors (Lipinski definition) is 2. The highest BCUT2D eigenvalue weighted by Crippen LogP contribution is 2.32. The van der Waals surface area contributed by atoms with Crippen molar-refractivity contribution in [3.05, 3.63) is 23.8 Å². The van der Waals surface area contributed by atoms with Crippen LogP contribution in [-0.4, -0.2) is 37.8 Å². The molecule has 2 N–H and O–H groups in total. The molecular formula is C16H24N2O3. The lowest BCUT2D eigenvalue weighted by molar-refractivity contribution is -0.142. The van der Waals surface area contributed by atoms with Gasteiger partial charge in [0.15, 0.2) is 0 Å². The SMILES string of the molecule is CCNCc1ccc(N2CCC(C(=O)O)CC2)c(OC)c1. The lowest BCUT2D eigenvalue weighted by Crippen LogP contribution is -2.36. The molecular weight excluding hydrogens is 268 g/mol. The number of methoxy groups -OCH3 is 1. The van der Waals surface area contributed by atoms with Gasteiger partial charge in [0.2, 0.25) is 0 Å². The van der Waals surface area contributed by atoms with E-state index in [9.17, 15) is 4.79 Å². The Morgan fingerprint density at radius 1 is 1.43 bits per heavy atom. The molecule has 21 heavy (non-hydrogen) atoms. The molecule has 5 heteroatoms. The fourth-order valence-electron chi connectivity index (χ4n) is 2.73. The van der Waals surface area contributed by atoms with Gasteiger partial charge in [0.25, 0.3) is 0 Å². The minimum Gasteiger partial charge on any atom is -0.495 e. The molecule has 1 fully saturated rings. The molecule has 0 radical (unpaired) electrons. The lowest BCUT2D eigenvalue weighted by Gasteiger charge is -2.33. The number of hydrogen-bond acceptors (Lipinski definition) is 4. The van der Waals surface area contributed by atoms with Gasteiger partial charge in [0, 0.05) is 19.6 Å². The number of aliphatic carboxylic acids is 1. The molecule has 1 aromatic carbocycles. The van der Waals surface area contributed by atoms with Crippen LogP contribution < -0.4 is 15.0 Å². The molecule has 1 aliphatic heterocycles. The molecule has 5 nitrogen and oxygen atoms in total. The monoisotopic (exact) mass is 292 g/mol. The number of piperidine rings is 1. The molecule has 2 rings (SSSR count). The van der Waals surface area contributed by atoms with E-state index in [2.05, 4.69) is 35.3 Å². The van der Waals surface area contributed by atoms with Crippen LogP contribution in [0, 0.1) is 5.92 Å². The van der Waals surface area contributed by atoms with Crippen LogP contribution in [0.5, 0.6) is 5.75 Å². The number of carboxylic acids is 1. The average Bonchev–Trinajstić information content (AvgIpc) is 2.52. The fourth-order valence-corrected chi connectivity index (χ4v) is 2.73. The average molecular weight is 292 g/mol. The quantitative estimate of drug-likeness (QED) is 0.841. The van der Waals surface area contributed by atoms with Crippen molar-refractivity contribution in [3.8, 4) is 5.75 Å². The zero-order valence-corrected chi connectivity index (χ0v) is 12.8. The molecule has 116 valence electrons. The minimum atomic E-state index is -0.678. The summed E-state index contributed by atoms with van der Waals surface area (Å²) in [4.78, 5) is 13.2. The fraction of sp³-hybridized carbons (Fsp3) is 0.562. The van der Waals surface area contributed by atoms with Gasteiger partial charge in [-0.2, -0.15) is 0 Å². The molecule has 1 saturated heterocycles. The van der Waals surface area contributed by atoms with E-state index in [1.165, 1.54) is 5.56 Å². The first-order chi connectivity index (χ1) is 10.2. The number of carboxylic acid groups (broad SMARTS) is 1. The second-order valence-electron chi connectivity index (χ2n) is 5.39. The maximum absolute atomic E-state index is 11.0. The summed E-state index contributed by atoms with van der Waals surface area (Å²) >= 11 is 0. The second kappa shape index (κ2) is 7.31. The van der Waals surface area contributed by atoms with Crippen molar-refractivity contribution in [2.24, 2.45) is 5.92 Å². The summed E-state index contributed by atoms with van der Waals surface area (Å²) in [6.45, 7) is 5.37. The van der Waals surface area contributed by atoms with Gasteiger partial charge in [-0.15, -0.1) is 0 Å². The normalized spacial score (nSPS) is 16.0. The molecule has 1 aromatic rings. The van der Waals surface area contributed by atoms with Crippen LogP contribution in [-0.2, 0) is 11.3 Å². The standard InChI is InChI=1S/C16H24N2O3/c1-3-17-11-12-4-5-14(15(10-12)21-2)18-8-6-13(7-9-18)16(19)20/h4-5,10,13,17H,3,6-9,11H2,1-2H3,(H,19,20). The van der Waals surface area contributed by atoms with E-state index in [0.29, 0.717) is 12.8 Å². The Balaban J connectivity index is 2.07. The number of nitrogens with zero attached hydrogens (tertiary/aromatic N) is 1. The molecule has 1 heterocycles. The smallest absolute Gasteiger partial charge is 0.306 e. The molecule has 0 atom stereocenters. The number of ether oxygens (including phenoxy) is 1. The highest BCUT2D eigenvalue weighted by atomic mass is 16.5. The molecule has 1 aliphatic rings. The summed E-state index contributed by atoms with van der Waals surface area (Å²) in [7, 11) is 1.68. The Morgan fingerprint density at radius 2 is 2.14 bits per heavy atom. The van der Waals surface area contributed by atoms with Crippen molar-refractivity contribution in [3.63, 3.8) is 0 Å². The first-order valence-corrected chi connectivity index (χ1v) is 7.51. The molecule has 0 spiro atoms. The van der Waals surface area contributed by atoms with Crippen molar-refractivity contribution >= 4 is 11.7 Å². The maximum atomic E-state index is 11.0. The Morgan fingerprint density at radius 3 is 2.71 bits per heavy atom. The van der Waals surface area contributed by atoms with Gasteiger partial charge in [-0.3, -0.25) is 4.79 Å². The van der Waals surface area contributed by atoms with Crippen molar-refractivity contribution in [2.45, 2.75) is 26.3 Å². The molecule has 0 aromatic heterocycles. The van der Waals surface area contributed by atoms with Crippen LogP contribution in [0.3, 0.4) is 0 Å². The van der Waals surface area contributed by atoms with Gasteiger partial charge in [-0.05, 0) is 37.1 Å². The van der Waals surface area contributed by atoms with Crippen LogP contribution in [0.2, 0.25) is 0 Å². The Hall–Kier alpha value is -1.75. The van der Waals surface area contributed by atoms with E-state index in [-0.39, 0.29) is 5.92 Å². The summed E-state index contributed by atoms with van der Waals surface area (Å²) in [6, 6.07) is 6.23. The number of anilines is 1. The van der Waals surface area contributed by atoms with E-state index in [1.54, 1.807) is 7.11 Å². The molecule has 0 unspecified atom stereocenters. The molecule has 0 bridgehead atoms. The Bertz CT molecular complexity index is 482. The second-order valence-corrected chi connectivity index (χ2v) is 5.39. The number of rotatable bonds is 6. The van der Waals surface area contributed by atoms with Gasteiger partial charge < -0.3 is 20.1 Å². The van der Waals surface area contributed by atoms with E-state index in [0.717, 1.165) is 37.6 Å². The van der Waals surface area contributed by atoms with E-state index < -0.39 is 5.97 Å². The predicted molar refractivity (Wildman–Crippen MR) is 82.9 cm³/mol. The lowest BCUT2D eigenvalue weighted by atomic mass is 9.96. The van der Waals surface area contributed by atoms with E-state index in [4.69, 9.17) is 9.84 Å². The van der Waals surface area contributed by atoms with Crippen molar-refractivity contribution in [1.29, 1.82) is 0 Å². The highest BCUT2D eigenvalue weighted by molar-refractivity contribution is 5.70. The number of nitrogens with one attached hydrogen (secondary N) is 1. The first kappa shape index (κ1) is 15.6. The van der Waals surface area contributed by atoms with Crippen molar-refractivity contribution in [2.75, 3.05) is 31.6 Å². The zero-order chi connectivity index (χ0) is 15.2. The third-order valence-corrected chi connectivity index (χ3v) is 4.01. The number of carbonyl (C=O) groups is 1. The molecule has 0 aliphatic carbocycles. The first-order valence-electron chi connectivity index (χ1n) is 7.51. The molecule has 0 amide bonds. The van der Waals surface area contributed by atoms with Crippen LogP contribution in [0.25, 0.3) is 0 Å². The van der Waals surface area contributed by atoms with Gasteiger partial charge in [-0.25, -0.2) is 0 Å². The van der Waals surface area contributed by atoms with Gasteiger partial charge in [0.05, 0.1) is 18.7 Å². The van der Waals surface area contributed by atoms with Gasteiger partial charge >= 0.3 is 5.97 Å². The third kappa shape index (κ3) is 3.88. The van der Waals surface area contributed by atoms with Crippen LogP contribution in [0.1, 0.15) is 25.3 Å². The van der Waals surface area contributed by atoms with Crippen molar-refractivity contribution < 1.29 is 14.6 Å². The van der Waals surface area contributed by atoms with Crippen LogP contribution >= 0.6 is 0 Å². The number of benzene rings is 1. The Kier molecular flexibility index (Phi) is 5.44. The van der Waals surface area contributed by atoms with Gasteiger partial charge in [0.1, 0.15) is 5.75 Å². The molecule has 0 saturated carbocycles. The summed E-state index contributed by atoms with van der Waals surface area (Å²) in [6.07, 6.45) is 1.38. The third-order valence-electron chi connectivity index (χ3n) is 4.01. The van der Waals surface area contributed by atoms with Crippen LogP contribution in [0.15, 0.2) is 18.2 Å². The van der Waals surface area contributed by atoms with Crippen LogP contribution in [0.4, 0.5) is 5.69 Å². The topological polar surface area (TPSA) is 61.8 Å². The van der Waals surface area contributed by atoms with E-state index >= 15 is 0 Å². The summed E-state index contributed by atoms with van der Waals surface area (Å²) in [5.74, 6) is -0.0259. The largest absolute Gasteiger partial charge is 0.495 e. The maximum Gasteiger partial charge on any atom is 0.306 e. The van der Waals surface area contributed by atoms with Crippen molar-refractivity contribution in [1.82, 2.24) is 5.32 Å². The summed E-state index contributed by atoms with van der Waals surface area (Å²) in [5.41, 5.74) is 2.25. The minimum absolute atomic E-state index is 0.208. The Labute approximate surface area is 125 Å². The zero-order valence-electron chi connectivity index (χ0n) is 12.8. The van der Waals surface area contributed by atoms with Gasteiger partial charge in [-0.1, -0.05) is 13.0 Å².